The topological polar surface area (TPSA) is 72.9 Å². The molecule has 2 aromatic rings. The largest absolute Gasteiger partial charge is 0.458 e. The molecule has 1 atom stereocenters. The number of esters is 1. The zero-order valence-electron chi connectivity index (χ0n) is 14.2. The molecule has 0 saturated carbocycles. The first-order valence-electron chi connectivity index (χ1n) is 8.36. The van der Waals surface area contributed by atoms with Crippen LogP contribution in [0.2, 0.25) is 0 Å². The fourth-order valence-electron chi connectivity index (χ4n) is 2.65. The number of rotatable bonds is 5. The first-order chi connectivity index (χ1) is 12.6. The number of ketones is 1. The van der Waals surface area contributed by atoms with Crippen LogP contribution >= 0.6 is 0 Å². The van der Waals surface area contributed by atoms with Crippen molar-refractivity contribution in [1.82, 2.24) is 4.90 Å². The van der Waals surface area contributed by atoms with Crippen molar-refractivity contribution < 1.29 is 23.9 Å². The van der Waals surface area contributed by atoms with Crippen molar-refractivity contribution in [3.05, 3.63) is 71.8 Å². The molecular weight excluding hydrogens is 334 g/mol. The Labute approximate surface area is 151 Å². The maximum absolute atomic E-state index is 12.5. The first-order valence-corrected chi connectivity index (χ1v) is 8.36. The lowest BCUT2D eigenvalue weighted by atomic mass is 10.1. The van der Waals surface area contributed by atoms with Gasteiger partial charge in [0.05, 0.1) is 6.54 Å². The lowest BCUT2D eigenvalue weighted by Crippen LogP contribution is -2.33. The minimum atomic E-state index is -1.18. The van der Waals surface area contributed by atoms with Gasteiger partial charge in [-0.25, -0.2) is 9.59 Å². The number of carbonyl (C=O) groups excluding carboxylic acids is 3. The van der Waals surface area contributed by atoms with Gasteiger partial charge in [0.1, 0.15) is 6.61 Å². The molecule has 1 amide bonds. The highest BCUT2D eigenvalue weighted by atomic mass is 16.6. The Hall–Kier alpha value is -3.15. The van der Waals surface area contributed by atoms with Crippen LogP contribution in [0.5, 0.6) is 0 Å². The molecule has 0 spiro atoms. The van der Waals surface area contributed by atoms with Crippen LogP contribution in [0, 0.1) is 0 Å². The lowest BCUT2D eigenvalue weighted by Gasteiger charge is -2.21. The molecule has 1 unspecified atom stereocenters. The molecule has 2 aromatic carbocycles. The molecule has 134 valence electrons. The Bertz CT molecular complexity index is 775. The average Bonchev–Trinajstić information content (AvgIpc) is 3.12. The second kappa shape index (κ2) is 8.29. The summed E-state index contributed by atoms with van der Waals surface area (Å²) in [6, 6.07) is 17.9. The van der Waals surface area contributed by atoms with Crippen molar-refractivity contribution in [2.24, 2.45) is 0 Å². The van der Waals surface area contributed by atoms with Gasteiger partial charge in [0.15, 0.2) is 5.78 Å². The quantitative estimate of drug-likeness (QED) is 0.773. The van der Waals surface area contributed by atoms with Gasteiger partial charge in [-0.15, -0.1) is 0 Å². The average molecular weight is 353 g/mol. The van der Waals surface area contributed by atoms with E-state index in [0.29, 0.717) is 18.5 Å². The number of hydrogen-bond acceptors (Lipinski definition) is 5. The molecule has 6 nitrogen and oxygen atoms in total. The van der Waals surface area contributed by atoms with Gasteiger partial charge >= 0.3 is 12.1 Å². The molecule has 3 rings (SSSR count). The Balaban J connectivity index is 1.69. The molecule has 1 aliphatic heterocycles. The highest BCUT2D eigenvalue weighted by molar-refractivity contribution is 5.88. The molecule has 6 heteroatoms. The monoisotopic (exact) mass is 353 g/mol. The van der Waals surface area contributed by atoms with Gasteiger partial charge in [-0.3, -0.25) is 4.79 Å². The van der Waals surface area contributed by atoms with Gasteiger partial charge in [0.25, 0.3) is 0 Å². The normalized spacial score (nSPS) is 14.8. The number of amides is 1. The van der Waals surface area contributed by atoms with Crippen LogP contribution < -0.4 is 0 Å². The summed E-state index contributed by atoms with van der Waals surface area (Å²) in [5.74, 6) is -0.677. The summed E-state index contributed by atoms with van der Waals surface area (Å²) >= 11 is 0. The summed E-state index contributed by atoms with van der Waals surface area (Å²) in [4.78, 5) is 37.5. The molecule has 1 heterocycles. The summed E-state index contributed by atoms with van der Waals surface area (Å²) in [5, 5.41) is 0. The van der Waals surface area contributed by atoms with Gasteiger partial charge in [-0.05, 0) is 5.56 Å². The summed E-state index contributed by atoms with van der Waals surface area (Å²) in [5.41, 5.74) is 1.36. The summed E-state index contributed by atoms with van der Waals surface area (Å²) in [6.07, 6.45) is -1.56. The fourth-order valence-corrected chi connectivity index (χ4v) is 2.65. The summed E-state index contributed by atoms with van der Waals surface area (Å²) in [6.45, 7) is 0.403. The highest BCUT2D eigenvalue weighted by Gasteiger charge is 2.31. The van der Waals surface area contributed by atoms with E-state index in [1.54, 1.807) is 30.3 Å². The zero-order valence-corrected chi connectivity index (χ0v) is 14.2. The highest BCUT2D eigenvalue weighted by Crippen LogP contribution is 2.22. The van der Waals surface area contributed by atoms with Crippen LogP contribution in [0.1, 0.15) is 23.7 Å². The van der Waals surface area contributed by atoms with Crippen molar-refractivity contribution in [3.63, 3.8) is 0 Å². The Kier molecular flexibility index (Phi) is 5.63. The van der Waals surface area contributed by atoms with E-state index in [9.17, 15) is 14.4 Å². The standard InChI is InChI=1S/C20H19NO5/c22-17-11-12-21(13-17)20(24)26-18(16-9-5-2-6-10-16)19(23)25-14-15-7-3-1-4-8-15/h1-10,18H,11-14H2. The molecule has 1 saturated heterocycles. The van der Waals surface area contributed by atoms with E-state index in [4.69, 9.17) is 9.47 Å². The number of likely N-dealkylation sites (tertiary alicyclic amines) is 1. The molecule has 1 fully saturated rings. The van der Waals surface area contributed by atoms with Crippen molar-refractivity contribution in [1.29, 1.82) is 0 Å². The Morgan fingerprint density at radius 2 is 1.65 bits per heavy atom. The predicted octanol–water partition coefficient (Wildman–Crippen LogP) is 2.88. The molecule has 0 N–H and O–H groups in total. The van der Waals surface area contributed by atoms with E-state index in [0.717, 1.165) is 5.56 Å². The van der Waals surface area contributed by atoms with E-state index < -0.39 is 18.2 Å². The molecule has 1 aliphatic rings. The lowest BCUT2D eigenvalue weighted by molar-refractivity contribution is -0.156. The van der Waals surface area contributed by atoms with Crippen molar-refractivity contribution in [2.45, 2.75) is 19.1 Å². The van der Waals surface area contributed by atoms with Gasteiger partial charge in [-0.1, -0.05) is 60.7 Å². The summed E-state index contributed by atoms with van der Waals surface area (Å²) in [7, 11) is 0. The third-order valence-corrected chi connectivity index (χ3v) is 4.04. The Morgan fingerprint density at radius 3 is 2.27 bits per heavy atom. The molecule has 0 aliphatic carbocycles. The molecule has 26 heavy (non-hydrogen) atoms. The van der Waals surface area contributed by atoms with Crippen LogP contribution in [-0.2, 0) is 25.7 Å². The van der Waals surface area contributed by atoms with Crippen LogP contribution in [0.4, 0.5) is 4.79 Å². The van der Waals surface area contributed by atoms with E-state index >= 15 is 0 Å². The zero-order chi connectivity index (χ0) is 18.4. The maximum atomic E-state index is 12.5. The second-order valence-corrected chi connectivity index (χ2v) is 5.98. The molecule has 0 aromatic heterocycles. The number of benzene rings is 2. The van der Waals surface area contributed by atoms with Crippen LogP contribution in [-0.4, -0.2) is 35.8 Å². The first kappa shape index (κ1) is 17.7. The molecule has 0 radical (unpaired) electrons. The SMILES string of the molecule is O=C1CCN(C(=O)OC(C(=O)OCc2ccccc2)c2ccccc2)C1. The number of carbonyl (C=O) groups is 3. The number of nitrogens with zero attached hydrogens (tertiary/aromatic N) is 1. The van der Waals surface area contributed by atoms with E-state index in [-0.39, 0.29) is 18.9 Å². The van der Waals surface area contributed by atoms with Gasteiger partial charge in [-0.2, -0.15) is 0 Å². The third kappa shape index (κ3) is 4.47. The fraction of sp³-hybridized carbons (Fsp3) is 0.250. The second-order valence-electron chi connectivity index (χ2n) is 5.98. The predicted molar refractivity (Wildman–Crippen MR) is 93.1 cm³/mol. The Morgan fingerprint density at radius 1 is 1.00 bits per heavy atom. The van der Waals surface area contributed by atoms with Gasteiger partial charge in [0.2, 0.25) is 6.10 Å². The molecular formula is C20H19NO5. The minimum Gasteiger partial charge on any atom is -0.458 e. The minimum absolute atomic E-state index is 0.0133. The molecule has 0 bridgehead atoms. The van der Waals surface area contributed by atoms with E-state index in [2.05, 4.69) is 0 Å². The van der Waals surface area contributed by atoms with Crippen LogP contribution in [0.15, 0.2) is 60.7 Å². The maximum Gasteiger partial charge on any atom is 0.411 e. The van der Waals surface area contributed by atoms with Crippen LogP contribution in [0.25, 0.3) is 0 Å². The smallest absolute Gasteiger partial charge is 0.411 e. The summed E-state index contributed by atoms with van der Waals surface area (Å²) < 4.78 is 10.7. The van der Waals surface area contributed by atoms with Crippen molar-refractivity contribution >= 4 is 17.8 Å². The van der Waals surface area contributed by atoms with Crippen molar-refractivity contribution in [3.8, 4) is 0 Å². The van der Waals surface area contributed by atoms with E-state index in [1.807, 2.05) is 30.3 Å². The van der Waals surface area contributed by atoms with Gasteiger partial charge < -0.3 is 14.4 Å². The number of Topliss-reactive ketones (excluding diaryl/α,β-unsaturated/α-hetero) is 1. The third-order valence-electron chi connectivity index (χ3n) is 4.04. The van der Waals surface area contributed by atoms with E-state index in [1.165, 1.54) is 4.90 Å². The van der Waals surface area contributed by atoms with Gasteiger partial charge in [0, 0.05) is 18.5 Å². The van der Waals surface area contributed by atoms with Crippen LogP contribution in [0.3, 0.4) is 0 Å². The van der Waals surface area contributed by atoms with Crippen molar-refractivity contribution in [2.75, 3.05) is 13.1 Å². The number of ether oxygens (including phenoxy) is 2. The number of hydrogen-bond donors (Lipinski definition) is 0.